The molecule has 0 radical (unpaired) electrons. The summed E-state index contributed by atoms with van der Waals surface area (Å²) in [6.07, 6.45) is 5.91. The number of fused-ring (bicyclic) bond motifs is 14. The highest BCUT2D eigenvalue weighted by Gasteiger charge is 2.51. The summed E-state index contributed by atoms with van der Waals surface area (Å²) in [4.78, 5) is 13.1. The lowest BCUT2D eigenvalue weighted by molar-refractivity contribution is 0.657. The van der Waals surface area contributed by atoms with Crippen molar-refractivity contribution >= 4 is 55.4 Å². The second-order valence-electron chi connectivity index (χ2n) is 17.7. The van der Waals surface area contributed by atoms with Crippen LogP contribution in [-0.4, -0.2) is 19.1 Å². The molecule has 2 aliphatic heterocycles. The number of para-hydroxylation sites is 4. The Morgan fingerprint density at radius 1 is 0.508 bits per heavy atom. The Labute approximate surface area is 380 Å². The van der Waals surface area contributed by atoms with E-state index in [1.807, 2.05) is 23.9 Å². The first-order valence-corrected chi connectivity index (χ1v) is 23.4. The van der Waals surface area contributed by atoms with E-state index in [-0.39, 0.29) is 0 Å². The number of allylic oxidation sites excluding steroid dienone is 4. The Balaban J connectivity index is 1.06. The van der Waals surface area contributed by atoms with Gasteiger partial charge in [0.05, 0.1) is 44.6 Å². The molecule has 4 nitrogen and oxygen atoms in total. The van der Waals surface area contributed by atoms with Gasteiger partial charge in [-0.25, -0.2) is 9.97 Å². The monoisotopic (exact) mass is 848 g/mol. The number of hydrogen-bond acceptors (Lipinski definition) is 3. The summed E-state index contributed by atoms with van der Waals surface area (Å²) in [5.74, 6) is 1.14. The molecule has 5 heterocycles. The Kier molecular flexibility index (Phi) is 7.84. The Bertz CT molecular complexity index is 3800. The van der Waals surface area contributed by atoms with Crippen molar-refractivity contribution in [2.24, 2.45) is 5.92 Å². The molecule has 5 heteroatoms. The maximum Gasteiger partial charge on any atom is 0.160 e. The molecule has 0 amide bonds. The number of aromatic nitrogens is 4. The van der Waals surface area contributed by atoms with Gasteiger partial charge >= 0.3 is 0 Å². The summed E-state index contributed by atoms with van der Waals surface area (Å²) in [6, 6.07) is 70.8. The molecule has 1 aliphatic carbocycles. The fourth-order valence-electron chi connectivity index (χ4n) is 11.4. The SMILES string of the molecule is CC1C=CC2=C(C1)Sc1c(ccc3c4ccccc4n(-c4cccc(-c5cc(-c6ccccc6)nc(-c6ccccc6)n5)c4)c13)C21c2ccccc2-n2c3ccccc3c3cccc1c32. The van der Waals surface area contributed by atoms with Crippen molar-refractivity contribution in [3.8, 4) is 45.3 Å². The summed E-state index contributed by atoms with van der Waals surface area (Å²) in [5, 5.41) is 5.08. The van der Waals surface area contributed by atoms with Gasteiger partial charge in [-0.3, -0.25) is 0 Å². The van der Waals surface area contributed by atoms with Crippen LogP contribution in [0.3, 0.4) is 0 Å². The van der Waals surface area contributed by atoms with Crippen LogP contribution >= 0.6 is 11.8 Å². The molecule has 11 aromatic rings. The van der Waals surface area contributed by atoms with Crippen LogP contribution < -0.4 is 0 Å². The Hall–Kier alpha value is -7.73. The van der Waals surface area contributed by atoms with Crippen LogP contribution in [0.2, 0.25) is 0 Å². The zero-order valence-corrected chi connectivity index (χ0v) is 36.4. The number of benzene rings is 8. The summed E-state index contributed by atoms with van der Waals surface area (Å²) in [7, 11) is 0. The van der Waals surface area contributed by atoms with E-state index in [0.717, 1.165) is 40.2 Å². The van der Waals surface area contributed by atoms with Gasteiger partial charge in [-0.2, -0.15) is 0 Å². The lowest BCUT2D eigenvalue weighted by Crippen LogP contribution is -2.39. The van der Waals surface area contributed by atoms with Crippen LogP contribution in [0.4, 0.5) is 0 Å². The van der Waals surface area contributed by atoms with Crippen molar-refractivity contribution in [3.63, 3.8) is 0 Å². The van der Waals surface area contributed by atoms with E-state index in [9.17, 15) is 0 Å². The molecule has 2 unspecified atom stereocenters. The molecule has 0 saturated heterocycles. The van der Waals surface area contributed by atoms with E-state index in [1.165, 1.54) is 81.4 Å². The predicted molar refractivity (Wildman–Crippen MR) is 269 cm³/mol. The fourth-order valence-corrected chi connectivity index (χ4v) is 12.9. The van der Waals surface area contributed by atoms with Crippen LogP contribution in [0, 0.1) is 5.92 Å². The summed E-state index contributed by atoms with van der Waals surface area (Å²) >= 11 is 2.00. The van der Waals surface area contributed by atoms with Crippen molar-refractivity contribution in [3.05, 3.63) is 233 Å². The lowest BCUT2D eigenvalue weighted by atomic mass is 9.61. The molecule has 306 valence electrons. The van der Waals surface area contributed by atoms with Gasteiger partial charge < -0.3 is 9.13 Å². The minimum Gasteiger partial charge on any atom is -0.309 e. The van der Waals surface area contributed by atoms with Gasteiger partial charge in [0.25, 0.3) is 0 Å². The first-order chi connectivity index (χ1) is 32.1. The fraction of sp³-hybridized carbons (Fsp3) is 0.0667. The summed E-state index contributed by atoms with van der Waals surface area (Å²) in [5.41, 5.74) is 17.0. The largest absolute Gasteiger partial charge is 0.309 e. The van der Waals surface area contributed by atoms with E-state index in [2.05, 4.69) is 210 Å². The van der Waals surface area contributed by atoms with E-state index in [4.69, 9.17) is 9.97 Å². The van der Waals surface area contributed by atoms with E-state index < -0.39 is 5.41 Å². The van der Waals surface area contributed by atoms with Gasteiger partial charge in [-0.1, -0.05) is 189 Å². The van der Waals surface area contributed by atoms with Crippen molar-refractivity contribution in [1.82, 2.24) is 19.1 Å². The molecule has 8 aromatic carbocycles. The van der Waals surface area contributed by atoms with Crippen LogP contribution in [0.25, 0.3) is 88.9 Å². The van der Waals surface area contributed by atoms with Crippen LogP contribution in [0.5, 0.6) is 0 Å². The molecule has 3 aliphatic rings. The van der Waals surface area contributed by atoms with Crippen molar-refractivity contribution in [2.75, 3.05) is 0 Å². The average molecular weight is 849 g/mol. The van der Waals surface area contributed by atoms with Crippen LogP contribution in [0.15, 0.2) is 222 Å². The highest BCUT2D eigenvalue weighted by atomic mass is 32.2. The highest BCUT2D eigenvalue weighted by Crippen LogP contribution is 2.63. The number of rotatable bonds is 4. The van der Waals surface area contributed by atoms with Gasteiger partial charge in [-0.15, -0.1) is 0 Å². The van der Waals surface area contributed by atoms with Gasteiger partial charge in [0, 0.05) is 48.8 Å². The predicted octanol–water partition coefficient (Wildman–Crippen LogP) is 15.3. The second kappa shape index (κ2) is 13.9. The second-order valence-corrected chi connectivity index (χ2v) is 18.8. The summed E-state index contributed by atoms with van der Waals surface area (Å²) < 4.78 is 5.07. The maximum atomic E-state index is 5.26. The molecule has 0 bridgehead atoms. The first-order valence-electron chi connectivity index (χ1n) is 22.5. The average Bonchev–Trinajstić information content (AvgIpc) is 3.90. The first kappa shape index (κ1) is 36.7. The molecule has 0 saturated carbocycles. The lowest BCUT2D eigenvalue weighted by Gasteiger charge is -2.47. The zero-order valence-electron chi connectivity index (χ0n) is 35.6. The molecule has 14 rings (SSSR count). The molecular weight excluding hydrogens is 809 g/mol. The Morgan fingerprint density at radius 3 is 1.92 bits per heavy atom. The highest BCUT2D eigenvalue weighted by molar-refractivity contribution is 8.03. The standard InChI is InChI=1S/C60H40N4S/c1-37-30-32-47-55(34-37)65-58-49(60(47)46-25-10-13-29-54(46)64-53-28-12-9-22-42(53)44-24-15-26-48(60)56(44)64)33-31-45-43-23-8-11-27-52(43)63(57(45)58)41-21-14-20-40(35-41)51-36-50(38-16-4-2-5-17-38)61-59(62-51)39-18-6-3-7-19-39/h2-33,35-37H,34H2,1H3. The molecule has 2 atom stereocenters. The van der Waals surface area contributed by atoms with Gasteiger partial charge in [0.1, 0.15) is 0 Å². The van der Waals surface area contributed by atoms with E-state index in [0.29, 0.717) is 11.7 Å². The van der Waals surface area contributed by atoms with Gasteiger partial charge in [0.2, 0.25) is 0 Å². The third-order valence-corrected chi connectivity index (χ3v) is 15.3. The molecule has 0 N–H and O–H groups in total. The number of nitrogens with zero attached hydrogens (tertiary/aromatic N) is 4. The molecule has 65 heavy (non-hydrogen) atoms. The maximum absolute atomic E-state index is 5.26. The number of hydrogen-bond donors (Lipinski definition) is 0. The van der Waals surface area contributed by atoms with Gasteiger partial charge in [-0.05, 0) is 75.9 Å². The minimum atomic E-state index is -0.549. The third kappa shape index (κ3) is 5.16. The molecule has 0 fully saturated rings. The van der Waals surface area contributed by atoms with E-state index >= 15 is 0 Å². The zero-order chi connectivity index (χ0) is 42.8. The summed E-state index contributed by atoms with van der Waals surface area (Å²) in [6.45, 7) is 2.36. The van der Waals surface area contributed by atoms with Crippen molar-refractivity contribution < 1.29 is 0 Å². The Morgan fingerprint density at radius 2 is 1.12 bits per heavy atom. The molecule has 3 aromatic heterocycles. The van der Waals surface area contributed by atoms with E-state index in [1.54, 1.807) is 0 Å². The van der Waals surface area contributed by atoms with Crippen molar-refractivity contribution in [1.29, 1.82) is 0 Å². The normalized spacial score (nSPS) is 17.3. The molecule has 1 spiro atoms. The van der Waals surface area contributed by atoms with Gasteiger partial charge in [0.15, 0.2) is 5.82 Å². The third-order valence-electron chi connectivity index (χ3n) is 14.1. The van der Waals surface area contributed by atoms with Crippen LogP contribution in [0.1, 0.15) is 30.0 Å². The number of thioether (sulfide) groups is 1. The van der Waals surface area contributed by atoms with Crippen molar-refractivity contribution in [2.45, 2.75) is 23.7 Å². The topological polar surface area (TPSA) is 35.6 Å². The quantitative estimate of drug-likeness (QED) is 0.177. The molecular formula is C60H40N4S. The van der Waals surface area contributed by atoms with Crippen LogP contribution in [-0.2, 0) is 5.41 Å². The minimum absolute atomic E-state index is 0.428. The smallest absolute Gasteiger partial charge is 0.160 e.